The van der Waals surface area contributed by atoms with Crippen LogP contribution in [0.25, 0.3) is 0 Å². The molecular formula is C12H9ClN4O3S. The zero-order valence-corrected chi connectivity index (χ0v) is 12.1. The lowest BCUT2D eigenvalue weighted by Crippen LogP contribution is -2.12. The van der Waals surface area contributed by atoms with Crippen LogP contribution in [0, 0.1) is 10.1 Å². The molecule has 1 fully saturated rings. The lowest BCUT2D eigenvalue weighted by atomic mass is 10.2. The van der Waals surface area contributed by atoms with Crippen LogP contribution >= 0.6 is 22.9 Å². The molecule has 1 aromatic heterocycles. The predicted octanol–water partition coefficient (Wildman–Crippen LogP) is 3.23. The van der Waals surface area contributed by atoms with Gasteiger partial charge in [0.15, 0.2) is 0 Å². The number of benzene rings is 1. The number of halogens is 1. The minimum atomic E-state index is -0.580. The topological polar surface area (TPSA) is 98.0 Å². The number of nitro groups is 1. The van der Waals surface area contributed by atoms with Gasteiger partial charge in [-0.15, -0.1) is 10.2 Å². The summed E-state index contributed by atoms with van der Waals surface area (Å²) in [6.07, 6.45) is 2.19. The Kier molecular flexibility index (Phi) is 3.56. The van der Waals surface area contributed by atoms with Crippen molar-refractivity contribution in [1.29, 1.82) is 0 Å². The van der Waals surface area contributed by atoms with E-state index in [1.807, 2.05) is 0 Å². The van der Waals surface area contributed by atoms with Gasteiger partial charge in [-0.3, -0.25) is 20.2 Å². The Bertz CT molecular complexity index is 729. The maximum absolute atomic E-state index is 12.1. The molecule has 0 aliphatic heterocycles. The first-order valence-corrected chi connectivity index (χ1v) is 7.32. The number of amides is 1. The minimum absolute atomic E-state index is 0.0361. The molecule has 1 aromatic carbocycles. The van der Waals surface area contributed by atoms with E-state index in [1.165, 1.54) is 23.5 Å². The number of carbonyl (C=O) groups is 1. The highest BCUT2D eigenvalue weighted by Gasteiger charge is 2.28. The second kappa shape index (κ2) is 5.38. The first-order chi connectivity index (χ1) is 10.0. The van der Waals surface area contributed by atoms with Crippen molar-refractivity contribution in [3.8, 4) is 0 Å². The SMILES string of the molecule is O=C(Nc1nnc(C2CC2)s1)c1cc([N+](=O)[O-])ccc1Cl. The summed E-state index contributed by atoms with van der Waals surface area (Å²) < 4.78 is 0. The molecule has 1 N–H and O–H groups in total. The van der Waals surface area contributed by atoms with Gasteiger partial charge in [0, 0.05) is 18.1 Å². The number of nitrogens with one attached hydrogen (secondary N) is 1. The number of carbonyl (C=O) groups excluding carboxylic acids is 1. The van der Waals surface area contributed by atoms with Crippen LogP contribution in [-0.2, 0) is 0 Å². The average molecular weight is 325 g/mol. The molecule has 0 spiro atoms. The number of nitrogens with zero attached hydrogens (tertiary/aromatic N) is 3. The molecule has 0 radical (unpaired) electrons. The third-order valence-electron chi connectivity index (χ3n) is 2.99. The summed E-state index contributed by atoms with van der Waals surface area (Å²) in [7, 11) is 0. The second-order valence-electron chi connectivity index (χ2n) is 4.60. The third-order valence-corrected chi connectivity index (χ3v) is 4.32. The van der Waals surface area contributed by atoms with Crippen molar-refractivity contribution in [2.75, 3.05) is 5.32 Å². The van der Waals surface area contributed by atoms with Crippen molar-refractivity contribution in [3.63, 3.8) is 0 Å². The van der Waals surface area contributed by atoms with E-state index in [9.17, 15) is 14.9 Å². The number of aromatic nitrogens is 2. The molecule has 0 atom stereocenters. The fraction of sp³-hybridized carbons (Fsp3) is 0.250. The lowest BCUT2D eigenvalue weighted by molar-refractivity contribution is -0.384. The fourth-order valence-corrected chi connectivity index (χ4v) is 2.86. The number of hydrogen-bond acceptors (Lipinski definition) is 6. The molecule has 108 valence electrons. The molecule has 9 heteroatoms. The largest absolute Gasteiger partial charge is 0.296 e. The van der Waals surface area contributed by atoms with Gasteiger partial charge in [-0.25, -0.2) is 0 Å². The summed E-state index contributed by atoms with van der Waals surface area (Å²) in [4.78, 5) is 22.3. The Balaban J connectivity index is 1.80. The van der Waals surface area contributed by atoms with Crippen LogP contribution in [0.5, 0.6) is 0 Å². The van der Waals surface area contributed by atoms with E-state index in [-0.39, 0.29) is 16.3 Å². The number of rotatable bonds is 4. The standard InChI is InChI=1S/C12H9ClN4O3S/c13-9-4-3-7(17(19)20)5-8(9)10(18)14-12-16-15-11(21-12)6-1-2-6/h3-6H,1-2H2,(H,14,16,18). The Labute approximate surface area is 128 Å². The van der Waals surface area contributed by atoms with E-state index < -0.39 is 10.8 Å². The zero-order valence-electron chi connectivity index (χ0n) is 10.6. The summed E-state index contributed by atoms with van der Waals surface area (Å²) in [6, 6.07) is 3.71. The first-order valence-electron chi connectivity index (χ1n) is 6.13. The molecule has 7 nitrogen and oxygen atoms in total. The highest BCUT2D eigenvalue weighted by Crippen LogP contribution is 2.42. The van der Waals surface area contributed by atoms with Crippen LogP contribution in [0.15, 0.2) is 18.2 Å². The molecular weight excluding hydrogens is 316 g/mol. The van der Waals surface area contributed by atoms with E-state index in [1.54, 1.807) is 0 Å². The van der Waals surface area contributed by atoms with Gasteiger partial charge in [-0.05, 0) is 18.9 Å². The monoisotopic (exact) mass is 324 g/mol. The number of non-ortho nitro benzene ring substituents is 1. The van der Waals surface area contributed by atoms with E-state index >= 15 is 0 Å². The summed E-state index contributed by atoms with van der Waals surface area (Å²) in [6.45, 7) is 0. The van der Waals surface area contributed by atoms with Gasteiger partial charge in [0.25, 0.3) is 11.6 Å². The summed E-state index contributed by atoms with van der Waals surface area (Å²) in [5, 5.41) is 22.6. The molecule has 1 aliphatic carbocycles. The van der Waals surface area contributed by atoms with Gasteiger partial charge >= 0.3 is 0 Å². The quantitative estimate of drug-likeness (QED) is 0.687. The zero-order chi connectivity index (χ0) is 15.0. The number of nitro benzene ring substituents is 1. The van der Waals surface area contributed by atoms with Gasteiger partial charge < -0.3 is 0 Å². The van der Waals surface area contributed by atoms with Gasteiger partial charge in [-0.2, -0.15) is 0 Å². The van der Waals surface area contributed by atoms with E-state index in [0.717, 1.165) is 23.9 Å². The lowest BCUT2D eigenvalue weighted by Gasteiger charge is -2.03. The maximum atomic E-state index is 12.1. The molecule has 1 saturated carbocycles. The average Bonchev–Trinajstić information content (AvgIpc) is 3.20. The van der Waals surface area contributed by atoms with Crippen LogP contribution in [-0.4, -0.2) is 21.0 Å². The smallest absolute Gasteiger partial charge is 0.270 e. The highest BCUT2D eigenvalue weighted by atomic mass is 35.5. The van der Waals surface area contributed by atoms with Gasteiger partial charge in [0.1, 0.15) is 5.01 Å². The number of hydrogen-bond donors (Lipinski definition) is 1. The van der Waals surface area contributed by atoms with E-state index in [0.29, 0.717) is 11.0 Å². The van der Waals surface area contributed by atoms with Crippen LogP contribution < -0.4 is 5.32 Å². The molecule has 0 bridgehead atoms. The van der Waals surface area contributed by atoms with Crippen molar-refractivity contribution < 1.29 is 9.72 Å². The predicted molar refractivity (Wildman–Crippen MR) is 77.9 cm³/mol. The minimum Gasteiger partial charge on any atom is -0.296 e. The molecule has 3 rings (SSSR count). The van der Waals surface area contributed by atoms with Crippen molar-refractivity contribution in [3.05, 3.63) is 43.9 Å². The molecule has 1 heterocycles. The molecule has 21 heavy (non-hydrogen) atoms. The van der Waals surface area contributed by atoms with Gasteiger partial charge in [0.05, 0.1) is 15.5 Å². The van der Waals surface area contributed by atoms with Crippen molar-refractivity contribution in [1.82, 2.24) is 10.2 Å². The summed E-state index contributed by atoms with van der Waals surface area (Å²) in [5.74, 6) is -0.0863. The molecule has 0 saturated heterocycles. The van der Waals surface area contributed by atoms with Crippen LogP contribution in [0.2, 0.25) is 5.02 Å². The summed E-state index contributed by atoms with van der Waals surface area (Å²) >= 11 is 7.22. The van der Waals surface area contributed by atoms with Crippen LogP contribution in [0.3, 0.4) is 0 Å². The normalized spacial score (nSPS) is 14.0. The van der Waals surface area contributed by atoms with Crippen molar-refractivity contribution >= 4 is 39.7 Å². The van der Waals surface area contributed by atoms with Gasteiger partial charge in [0.2, 0.25) is 5.13 Å². The van der Waals surface area contributed by atoms with E-state index in [2.05, 4.69) is 15.5 Å². The highest BCUT2D eigenvalue weighted by molar-refractivity contribution is 7.15. The number of anilines is 1. The first kappa shape index (κ1) is 13.9. The Hall–Kier alpha value is -2.06. The van der Waals surface area contributed by atoms with Crippen LogP contribution in [0.1, 0.15) is 34.1 Å². The molecule has 1 aliphatic rings. The van der Waals surface area contributed by atoms with Crippen molar-refractivity contribution in [2.45, 2.75) is 18.8 Å². The molecule has 0 unspecified atom stereocenters. The fourth-order valence-electron chi connectivity index (χ4n) is 1.75. The maximum Gasteiger partial charge on any atom is 0.270 e. The van der Waals surface area contributed by atoms with E-state index in [4.69, 9.17) is 11.6 Å². The molecule has 2 aromatic rings. The van der Waals surface area contributed by atoms with Crippen molar-refractivity contribution in [2.24, 2.45) is 0 Å². The molecule has 1 amide bonds. The summed E-state index contributed by atoms with van der Waals surface area (Å²) in [5.41, 5.74) is -0.158. The third kappa shape index (κ3) is 3.01. The Morgan fingerprint density at radius 2 is 2.19 bits per heavy atom. The second-order valence-corrected chi connectivity index (χ2v) is 6.01. The Morgan fingerprint density at radius 1 is 1.43 bits per heavy atom. The Morgan fingerprint density at radius 3 is 2.86 bits per heavy atom. The van der Waals surface area contributed by atoms with Gasteiger partial charge in [-0.1, -0.05) is 22.9 Å². The van der Waals surface area contributed by atoms with Crippen LogP contribution in [0.4, 0.5) is 10.8 Å².